The molecule has 0 aliphatic rings. The summed E-state index contributed by atoms with van der Waals surface area (Å²) in [6.07, 6.45) is 5.59. The zero-order valence-corrected chi connectivity index (χ0v) is 15.9. The van der Waals surface area contributed by atoms with E-state index in [2.05, 4.69) is 49.6 Å². The Balaban J connectivity index is 0.00000139. The molecule has 2 aromatic rings. The lowest BCUT2D eigenvalue weighted by Gasteiger charge is -2.09. The molecule has 0 saturated heterocycles. The summed E-state index contributed by atoms with van der Waals surface area (Å²) in [6.45, 7) is 14.3. The van der Waals surface area contributed by atoms with E-state index in [-0.39, 0.29) is 0 Å². The van der Waals surface area contributed by atoms with Crippen molar-refractivity contribution in [3.8, 4) is 11.4 Å². The van der Waals surface area contributed by atoms with Crippen molar-refractivity contribution < 1.29 is 4.52 Å². The number of allylic oxidation sites excluding steroid dienone is 1. The highest BCUT2D eigenvalue weighted by atomic mass is 16.5. The van der Waals surface area contributed by atoms with Gasteiger partial charge in [0.2, 0.25) is 11.7 Å². The second-order valence-electron chi connectivity index (χ2n) is 6.13. The van der Waals surface area contributed by atoms with Crippen LogP contribution >= 0.6 is 0 Å². The number of unbranched alkanes of at least 4 members (excludes halogenated alkanes) is 1. The third kappa shape index (κ3) is 6.31. The molecule has 1 atom stereocenters. The number of benzene rings is 1. The molecule has 0 N–H and O–H groups in total. The molecule has 0 aliphatic heterocycles. The van der Waals surface area contributed by atoms with Gasteiger partial charge in [-0.05, 0) is 45.6 Å². The number of rotatable bonds is 8. The maximum Gasteiger partial charge on any atom is 0.230 e. The molecule has 2 rings (SSSR count). The Morgan fingerprint density at radius 2 is 2.00 bits per heavy atom. The molecule has 0 saturated carbocycles. The van der Waals surface area contributed by atoms with E-state index in [1.54, 1.807) is 0 Å². The van der Waals surface area contributed by atoms with Crippen molar-refractivity contribution in [2.75, 3.05) is 0 Å². The number of hydrogen-bond donors (Lipinski definition) is 0. The molecule has 0 bridgehead atoms. The first-order valence-corrected chi connectivity index (χ1v) is 9.15. The highest BCUT2D eigenvalue weighted by Gasteiger charge is 2.17. The fraction of sp³-hybridized carbons (Fsp3) is 0.524. The van der Waals surface area contributed by atoms with Crippen LogP contribution in [0.15, 0.2) is 40.9 Å². The van der Waals surface area contributed by atoms with E-state index in [1.807, 2.05) is 26.0 Å². The smallest absolute Gasteiger partial charge is 0.230 e. The van der Waals surface area contributed by atoms with Crippen LogP contribution in [0, 0.1) is 6.92 Å². The van der Waals surface area contributed by atoms with Crippen molar-refractivity contribution >= 4 is 0 Å². The van der Waals surface area contributed by atoms with Gasteiger partial charge in [0, 0.05) is 11.5 Å². The molecule has 1 heterocycles. The number of aryl methyl sites for hydroxylation is 1. The largest absolute Gasteiger partial charge is 0.339 e. The first-order valence-electron chi connectivity index (χ1n) is 9.15. The molecule has 132 valence electrons. The Labute approximate surface area is 147 Å². The third-order valence-electron chi connectivity index (χ3n) is 3.97. The van der Waals surface area contributed by atoms with Crippen LogP contribution in [0.3, 0.4) is 0 Å². The topological polar surface area (TPSA) is 38.9 Å². The molecule has 0 fully saturated rings. The minimum absolute atomic E-state index is 0.358. The zero-order chi connectivity index (χ0) is 17.9. The molecule has 0 aliphatic carbocycles. The second kappa shape index (κ2) is 10.8. The quantitative estimate of drug-likeness (QED) is 0.399. The summed E-state index contributed by atoms with van der Waals surface area (Å²) in [4.78, 5) is 4.61. The van der Waals surface area contributed by atoms with Crippen molar-refractivity contribution in [3.63, 3.8) is 0 Å². The summed E-state index contributed by atoms with van der Waals surface area (Å²) in [5.74, 6) is 1.82. The summed E-state index contributed by atoms with van der Waals surface area (Å²) < 4.78 is 5.51. The van der Waals surface area contributed by atoms with E-state index >= 15 is 0 Å². The molecule has 24 heavy (non-hydrogen) atoms. The van der Waals surface area contributed by atoms with Gasteiger partial charge in [-0.3, -0.25) is 0 Å². The Morgan fingerprint density at radius 3 is 2.62 bits per heavy atom. The van der Waals surface area contributed by atoms with Crippen molar-refractivity contribution in [1.82, 2.24) is 10.1 Å². The minimum Gasteiger partial charge on any atom is -0.339 e. The predicted octanol–water partition coefficient (Wildman–Crippen LogP) is 6.70. The monoisotopic (exact) mass is 328 g/mol. The fourth-order valence-corrected chi connectivity index (χ4v) is 2.62. The Kier molecular flexibility index (Phi) is 9.06. The Hall–Kier alpha value is -1.90. The maximum atomic E-state index is 5.51. The van der Waals surface area contributed by atoms with Gasteiger partial charge in [-0.15, -0.1) is 6.58 Å². The van der Waals surface area contributed by atoms with E-state index in [9.17, 15) is 0 Å². The van der Waals surface area contributed by atoms with Crippen molar-refractivity contribution in [2.24, 2.45) is 0 Å². The maximum absolute atomic E-state index is 5.51. The standard InChI is InChI=1S/C19H26N2O.C2H6/c1-5-16(11-7-6-9-14(2)3)19-20-18(21-22-19)17-12-8-10-15(4)13-17;1-2/h8,10,12-13,16H,2,5-7,9,11H2,1,3-4H3;1-2H3. The molecule has 0 amide bonds. The van der Waals surface area contributed by atoms with Crippen LogP contribution in [-0.4, -0.2) is 10.1 Å². The van der Waals surface area contributed by atoms with Gasteiger partial charge < -0.3 is 4.52 Å². The normalized spacial score (nSPS) is 11.5. The van der Waals surface area contributed by atoms with Crippen LogP contribution in [-0.2, 0) is 0 Å². The molecular formula is C21H32N2O. The average Bonchev–Trinajstić information content (AvgIpc) is 3.06. The van der Waals surface area contributed by atoms with Gasteiger partial charge in [0.15, 0.2) is 0 Å². The van der Waals surface area contributed by atoms with Gasteiger partial charge in [0.05, 0.1) is 0 Å². The molecule has 0 radical (unpaired) electrons. The van der Waals surface area contributed by atoms with Gasteiger partial charge in [-0.25, -0.2) is 0 Å². The minimum atomic E-state index is 0.358. The molecule has 3 nitrogen and oxygen atoms in total. The lowest BCUT2D eigenvalue weighted by Crippen LogP contribution is -1.98. The second-order valence-corrected chi connectivity index (χ2v) is 6.13. The summed E-state index contributed by atoms with van der Waals surface area (Å²) in [7, 11) is 0. The van der Waals surface area contributed by atoms with Crippen molar-refractivity contribution in [1.29, 1.82) is 0 Å². The molecular weight excluding hydrogens is 296 g/mol. The van der Waals surface area contributed by atoms with Crippen LogP contribution in [0.2, 0.25) is 0 Å². The van der Waals surface area contributed by atoms with Gasteiger partial charge in [-0.2, -0.15) is 4.98 Å². The van der Waals surface area contributed by atoms with E-state index < -0.39 is 0 Å². The van der Waals surface area contributed by atoms with E-state index in [0.717, 1.165) is 30.7 Å². The van der Waals surface area contributed by atoms with E-state index in [0.29, 0.717) is 11.7 Å². The van der Waals surface area contributed by atoms with Crippen molar-refractivity contribution in [2.45, 2.75) is 72.6 Å². The summed E-state index contributed by atoms with van der Waals surface area (Å²) >= 11 is 0. The average molecular weight is 329 g/mol. The SMILES string of the molecule is C=C(C)CCCCC(CC)c1nc(-c2cccc(C)c2)no1.CC. The van der Waals surface area contributed by atoms with Crippen LogP contribution in [0.25, 0.3) is 11.4 Å². The van der Waals surface area contributed by atoms with E-state index in [1.165, 1.54) is 24.0 Å². The number of hydrogen-bond acceptors (Lipinski definition) is 3. The van der Waals surface area contributed by atoms with Crippen LogP contribution < -0.4 is 0 Å². The summed E-state index contributed by atoms with van der Waals surface area (Å²) in [5.41, 5.74) is 3.48. The molecule has 1 aromatic carbocycles. The zero-order valence-electron chi connectivity index (χ0n) is 15.9. The first kappa shape index (κ1) is 20.1. The van der Waals surface area contributed by atoms with Gasteiger partial charge >= 0.3 is 0 Å². The van der Waals surface area contributed by atoms with Crippen LogP contribution in [0.5, 0.6) is 0 Å². The first-order chi connectivity index (χ1) is 11.6. The third-order valence-corrected chi connectivity index (χ3v) is 3.97. The van der Waals surface area contributed by atoms with Crippen LogP contribution in [0.1, 0.15) is 77.2 Å². The fourth-order valence-electron chi connectivity index (χ4n) is 2.62. The van der Waals surface area contributed by atoms with Gasteiger partial charge in [0.25, 0.3) is 0 Å². The van der Waals surface area contributed by atoms with Gasteiger partial charge in [0.1, 0.15) is 0 Å². The highest BCUT2D eigenvalue weighted by molar-refractivity contribution is 5.55. The number of nitrogens with zero attached hydrogens (tertiary/aromatic N) is 2. The molecule has 0 spiro atoms. The lowest BCUT2D eigenvalue weighted by molar-refractivity contribution is 0.339. The summed E-state index contributed by atoms with van der Waals surface area (Å²) in [5, 5.41) is 4.15. The van der Waals surface area contributed by atoms with Crippen molar-refractivity contribution in [3.05, 3.63) is 47.9 Å². The highest BCUT2D eigenvalue weighted by Crippen LogP contribution is 2.27. The number of aromatic nitrogens is 2. The molecule has 3 heteroatoms. The molecule has 1 aromatic heterocycles. The predicted molar refractivity (Wildman–Crippen MR) is 102 cm³/mol. The Morgan fingerprint density at radius 1 is 1.25 bits per heavy atom. The Bertz CT molecular complexity index is 616. The van der Waals surface area contributed by atoms with E-state index in [4.69, 9.17) is 4.52 Å². The molecule has 1 unspecified atom stereocenters. The lowest BCUT2D eigenvalue weighted by atomic mass is 9.97. The summed E-state index contributed by atoms with van der Waals surface area (Å²) in [6, 6.07) is 8.20. The van der Waals surface area contributed by atoms with Crippen LogP contribution in [0.4, 0.5) is 0 Å². The van der Waals surface area contributed by atoms with Gasteiger partial charge in [-0.1, -0.05) is 61.7 Å².